The molecule has 2 aromatic carbocycles. The third kappa shape index (κ3) is 3.44. The topological polar surface area (TPSA) is 88.5 Å². The van der Waals surface area contributed by atoms with Gasteiger partial charge in [0.05, 0.1) is 61.6 Å². The summed E-state index contributed by atoms with van der Waals surface area (Å²) in [6.45, 7) is 0. The van der Waals surface area contributed by atoms with Crippen molar-refractivity contribution in [2.75, 3.05) is 28.4 Å². The second kappa shape index (κ2) is 9.28. The number of hydrogen-bond acceptors (Lipinski definition) is 12. The summed E-state index contributed by atoms with van der Waals surface area (Å²) in [5.74, 6) is 2.79. The maximum Gasteiger partial charge on any atom is 0.179 e. The molecular weight excluding hydrogens is 537 g/mol. The molecule has 0 atom stereocenters. The number of nitrogens with zero attached hydrogens (tertiary/aromatic N) is 4. The number of fused-ring (bicyclic) bond motifs is 2. The smallest absolute Gasteiger partial charge is 0.179 e. The maximum atomic E-state index is 5.64. The highest BCUT2D eigenvalue weighted by atomic mass is 32.1. The van der Waals surface area contributed by atoms with Gasteiger partial charge in [-0.25, -0.2) is 0 Å². The molecule has 0 bridgehead atoms. The van der Waals surface area contributed by atoms with E-state index in [1.807, 2.05) is 10.8 Å². The Morgan fingerprint density at radius 1 is 0.500 bits per heavy atom. The lowest BCUT2D eigenvalue weighted by Crippen LogP contribution is -1.91. The maximum absolute atomic E-state index is 5.64. The molecule has 182 valence electrons. The molecule has 0 saturated carbocycles. The molecule has 0 amide bonds. The van der Waals surface area contributed by atoms with Crippen LogP contribution in [0.3, 0.4) is 0 Å². The number of methoxy groups -OCH3 is 4. The van der Waals surface area contributed by atoms with Gasteiger partial charge in [0.2, 0.25) is 0 Å². The Morgan fingerprint density at radius 3 is 1.22 bits per heavy atom. The Bertz CT molecular complexity index is 1590. The van der Waals surface area contributed by atoms with Crippen LogP contribution in [0.4, 0.5) is 0 Å². The molecule has 6 aromatic rings. The van der Waals surface area contributed by atoms with Crippen LogP contribution in [-0.4, -0.2) is 45.9 Å². The van der Waals surface area contributed by atoms with Crippen LogP contribution in [-0.2, 0) is 0 Å². The zero-order valence-corrected chi connectivity index (χ0v) is 22.8. The number of benzene rings is 2. The molecule has 4 heterocycles. The first-order chi connectivity index (χ1) is 17.7. The molecule has 0 N–H and O–H groups in total. The van der Waals surface area contributed by atoms with Crippen LogP contribution in [0.5, 0.6) is 23.0 Å². The van der Waals surface area contributed by atoms with Gasteiger partial charge in [-0.15, -0.1) is 22.7 Å². The van der Waals surface area contributed by atoms with Crippen LogP contribution in [0, 0.1) is 0 Å². The van der Waals surface area contributed by atoms with Gasteiger partial charge in [-0.3, -0.25) is 0 Å². The fourth-order valence-corrected chi connectivity index (χ4v) is 7.41. The summed E-state index contributed by atoms with van der Waals surface area (Å²) in [4.78, 5) is 1.90. The van der Waals surface area contributed by atoms with Crippen molar-refractivity contribution in [3.05, 3.63) is 35.0 Å². The van der Waals surface area contributed by atoms with Gasteiger partial charge >= 0.3 is 0 Å². The molecule has 6 rings (SSSR count). The molecule has 4 aromatic heterocycles. The van der Waals surface area contributed by atoms with Crippen molar-refractivity contribution in [1.29, 1.82) is 0 Å². The fourth-order valence-electron chi connectivity index (χ4n) is 4.24. The number of hydrogen-bond donors (Lipinski definition) is 0. The molecule has 0 radical (unpaired) electrons. The predicted molar refractivity (Wildman–Crippen MR) is 147 cm³/mol. The standard InChI is InChI=1S/C24H18N4O4S4/c1-29-15-9-33-23(21(15)31-3)13-7-5-11(17-19(13)27-35-25-17)12-6-8-14(20-18(12)26-36-28-20)24-22(32-4)16(30-2)10-34-24/h5-10H,1-4H3. The second-order valence-corrected chi connectivity index (χ2v) is 10.4. The van der Waals surface area contributed by atoms with Gasteiger partial charge in [-0.05, 0) is 0 Å². The van der Waals surface area contributed by atoms with E-state index < -0.39 is 0 Å². The third-order valence-corrected chi connectivity index (χ3v) is 8.89. The lowest BCUT2D eigenvalue weighted by atomic mass is 9.97. The SMILES string of the molecule is COc1csc(-c2ccc(-c3ccc(-c4scc(OC)c4OC)c4nsnc34)c3nsnc23)c1OC. The van der Waals surface area contributed by atoms with Crippen LogP contribution < -0.4 is 18.9 Å². The van der Waals surface area contributed by atoms with Gasteiger partial charge < -0.3 is 18.9 Å². The van der Waals surface area contributed by atoms with Crippen LogP contribution in [0.15, 0.2) is 35.0 Å². The summed E-state index contributed by atoms with van der Waals surface area (Å²) < 4.78 is 40.8. The lowest BCUT2D eigenvalue weighted by Gasteiger charge is -2.10. The first kappa shape index (κ1) is 23.1. The van der Waals surface area contributed by atoms with Crippen molar-refractivity contribution in [3.8, 4) is 55.0 Å². The first-order valence-corrected chi connectivity index (χ1v) is 13.8. The Morgan fingerprint density at radius 2 is 0.861 bits per heavy atom. The largest absolute Gasteiger partial charge is 0.492 e. The lowest BCUT2D eigenvalue weighted by molar-refractivity contribution is 0.359. The van der Waals surface area contributed by atoms with Gasteiger partial charge in [0.15, 0.2) is 23.0 Å². The van der Waals surface area contributed by atoms with Crippen LogP contribution >= 0.6 is 46.1 Å². The predicted octanol–water partition coefficient (Wildman–Crippen LogP) is 6.85. The van der Waals surface area contributed by atoms with Gasteiger partial charge in [0.1, 0.15) is 22.1 Å². The van der Waals surface area contributed by atoms with E-state index in [0.717, 1.165) is 54.1 Å². The Balaban J connectivity index is 1.53. The third-order valence-electron chi connectivity index (χ3n) is 5.89. The monoisotopic (exact) mass is 554 g/mol. The van der Waals surface area contributed by atoms with Crippen molar-refractivity contribution in [3.63, 3.8) is 0 Å². The van der Waals surface area contributed by atoms with Gasteiger partial charge in [0.25, 0.3) is 0 Å². The molecule has 36 heavy (non-hydrogen) atoms. The molecule has 0 unspecified atom stereocenters. The summed E-state index contributed by atoms with van der Waals surface area (Å²) in [5.41, 5.74) is 7.04. The summed E-state index contributed by atoms with van der Waals surface area (Å²) in [6.07, 6.45) is 0. The van der Waals surface area contributed by atoms with Crippen molar-refractivity contribution in [2.24, 2.45) is 0 Å². The number of aromatic nitrogens is 4. The van der Waals surface area contributed by atoms with Crippen molar-refractivity contribution >= 4 is 68.2 Å². The molecule has 8 nitrogen and oxygen atoms in total. The molecule has 0 spiro atoms. The van der Waals surface area contributed by atoms with Crippen LogP contribution in [0.2, 0.25) is 0 Å². The molecule has 0 aliphatic heterocycles. The van der Waals surface area contributed by atoms with Gasteiger partial charge in [0, 0.05) is 33.0 Å². The zero-order chi connectivity index (χ0) is 24.8. The van der Waals surface area contributed by atoms with E-state index in [-0.39, 0.29) is 0 Å². The van der Waals surface area contributed by atoms with E-state index in [0.29, 0.717) is 23.0 Å². The highest BCUT2D eigenvalue weighted by molar-refractivity contribution is 7.14. The average molecular weight is 555 g/mol. The minimum absolute atomic E-state index is 0.695. The Hall–Kier alpha value is -3.32. The quantitative estimate of drug-likeness (QED) is 0.212. The van der Waals surface area contributed by atoms with E-state index in [1.165, 1.54) is 23.5 Å². The molecule has 12 heteroatoms. The number of rotatable bonds is 7. The number of thiophene rings is 2. The number of ether oxygens (including phenoxy) is 4. The molecule has 0 saturated heterocycles. The molecule has 0 aliphatic carbocycles. The zero-order valence-electron chi connectivity index (χ0n) is 19.5. The Kier molecular flexibility index (Phi) is 5.96. The van der Waals surface area contributed by atoms with E-state index in [1.54, 1.807) is 51.1 Å². The first-order valence-electron chi connectivity index (χ1n) is 10.6. The minimum atomic E-state index is 0.695. The van der Waals surface area contributed by atoms with Gasteiger partial charge in [-0.2, -0.15) is 17.5 Å². The van der Waals surface area contributed by atoms with Crippen LogP contribution in [0.25, 0.3) is 54.1 Å². The molecule has 0 aliphatic rings. The highest BCUT2D eigenvalue weighted by Crippen LogP contribution is 2.49. The summed E-state index contributed by atoms with van der Waals surface area (Å²) in [6, 6.07) is 8.24. The normalized spacial score (nSPS) is 11.3. The van der Waals surface area contributed by atoms with E-state index in [9.17, 15) is 0 Å². The molecular formula is C24H18N4O4S4. The van der Waals surface area contributed by atoms with Crippen molar-refractivity contribution in [1.82, 2.24) is 17.5 Å². The van der Waals surface area contributed by atoms with E-state index in [2.05, 4.69) is 41.8 Å². The van der Waals surface area contributed by atoms with Crippen molar-refractivity contribution < 1.29 is 18.9 Å². The molecule has 0 fully saturated rings. The van der Waals surface area contributed by atoms with Gasteiger partial charge in [-0.1, -0.05) is 24.3 Å². The average Bonchev–Trinajstić information content (AvgIpc) is 3.72. The van der Waals surface area contributed by atoms with Crippen LogP contribution in [0.1, 0.15) is 0 Å². The fraction of sp³-hybridized carbons (Fsp3) is 0.167. The second-order valence-electron chi connectivity index (χ2n) is 7.58. The summed E-state index contributed by atoms with van der Waals surface area (Å²) >= 11 is 5.48. The van der Waals surface area contributed by atoms with Crippen molar-refractivity contribution in [2.45, 2.75) is 0 Å². The highest BCUT2D eigenvalue weighted by Gasteiger charge is 2.24. The summed E-state index contributed by atoms with van der Waals surface area (Å²) in [7, 11) is 6.56. The Labute approximate surface area is 222 Å². The van der Waals surface area contributed by atoms with E-state index in [4.69, 9.17) is 18.9 Å². The van der Waals surface area contributed by atoms with E-state index >= 15 is 0 Å². The minimum Gasteiger partial charge on any atom is -0.492 e. The summed E-state index contributed by atoms with van der Waals surface area (Å²) in [5, 5.41) is 3.87.